The van der Waals surface area contributed by atoms with Crippen LogP contribution in [0.25, 0.3) is 10.9 Å². The highest BCUT2D eigenvalue weighted by Crippen LogP contribution is 2.25. The van der Waals surface area contributed by atoms with Gasteiger partial charge in [0.2, 0.25) is 5.91 Å². The number of hydrogen-bond acceptors (Lipinski definition) is 5. The number of carbonyl (C=O) groups excluding carboxylic acids is 2. The summed E-state index contributed by atoms with van der Waals surface area (Å²) in [6.07, 6.45) is 0.661. The molecule has 1 aromatic heterocycles. The zero-order chi connectivity index (χ0) is 22.7. The summed E-state index contributed by atoms with van der Waals surface area (Å²) in [7, 11) is 1.61. The predicted molar refractivity (Wildman–Crippen MR) is 123 cm³/mol. The largest absolute Gasteiger partial charge is 0.385 e. The van der Waals surface area contributed by atoms with E-state index in [2.05, 4.69) is 10.3 Å². The minimum absolute atomic E-state index is 0.210. The molecule has 0 saturated carbocycles. The first-order chi connectivity index (χ1) is 15.5. The Bertz CT molecular complexity index is 1270. The standard InChI is InChI=1S/C23H24N4O4S/c1-31-13-5-11-27-22(30)17-9-8-16(14-18(17)25-23(27)32)21(29)26-12-10-24-20(28)19(26)15-6-3-2-4-7-15/h2-4,6-9,14,19H,5,10-13H2,1H3,(H,24,28)(H,25,32). The topological polar surface area (TPSA) is 96.4 Å². The molecule has 2 aromatic carbocycles. The molecule has 9 heteroatoms. The number of H-pyrrole nitrogens is 1. The first-order valence-corrected chi connectivity index (χ1v) is 10.8. The van der Waals surface area contributed by atoms with Gasteiger partial charge in [-0.3, -0.25) is 19.0 Å². The summed E-state index contributed by atoms with van der Waals surface area (Å²) in [6.45, 7) is 1.74. The van der Waals surface area contributed by atoms with Crippen LogP contribution in [-0.2, 0) is 16.1 Å². The van der Waals surface area contributed by atoms with Gasteiger partial charge in [0.25, 0.3) is 11.5 Å². The van der Waals surface area contributed by atoms with Crippen molar-refractivity contribution in [1.29, 1.82) is 0 Å². The smallest absolute Gasteiger partial charge is 0.262 e. The van der Waals surface area contributed by atoms with Gasteiger partial charge in [-0.1, -0.05) is 30.3 Å². The third kappa shape index (κ3) is 4.21. The Morgan fingerprint density at radius 2 is 1.97 bits per heavy atom. The molecule has 0 radical (unpaired) electrons. The lowest BCUT2D eigenvalue weighted by atomic mass is 10.0. The second-order valence-corrected chi connectivity index (χ2v) is 7.98. The maximum atomic E-state index is 13.4. The lowest BCUT2D eigenvalue weighted by Crippen LogP contribution is -2.52. The van der Waals surface area contributed by atoms with Gasteiger partial charge in [0, 0.05) is 38.9 Å². The highest BCUT2D eigenvalue weighted by atomic mass is 32.1. The molecule has 4 rings (SSSR count). The van der Waals surface area contributed by atoms with E-state index in [4.69, 9.17) is 17.0 Å². The van der Waals surface area contributed by atoms with Crippen LogP contribution in [0.2, 0.25) is 0 Å². The average Bonchev–Trinajstić information content (AvgIpc) is 2.80. The number of amides is 2. The van der Waals surface area contributed by atoms with E-state index in [1.165, 1.54) is 4.57 Å². The molecule has 1 atom stereocenters. The van der Waals surface area contributed by atoms with Gasteiger partial charge in [-0.15, -0.1) is 0 Å². The summed E-state index contributed by atoms with van der Waals surface area (Å²) in [5, 5.41) is 3.28. The zero-order valence-corrected chi connectivity index (χ0v) is 18.5. The van der Waals surface area contributed by atoms with Crippen LogP contribution in [0.15, 0.2) is 53.3 Å². The van der Waals surface area contributed by atoms with Crippen molar-refractivity contribution in [2.75, 3.05) is 26.8 Å². The summed E-state index contributed by atoms with van der Waals surface area (Å²) in [4.78, 5) is 43.5. The van der Waals surface area contributed by atoms with E-state index >= 15 is 0 Å². The molecule has 1 aliphatic heterocycles. The van der Waals surface area contributed by atoms with Gasteiger partial charge >= 0.3 is 0 Å². The number of ether oxygens (including phenoxy) is 1. The van der Waals surface area contributed by atoms with Crippen molar-refractivity contribution in [3.63, 3.8) is 0 Å². The van der Waals surface area contributed by atoms with Crippen LogP contribution in [0.1, 0.15) is 28.4 Å². The Balaban J connectivity index is 1.69. The number of aromatic nitrogens is 2. The lowest BCUT2D eigenvalue weighted by Gasteiger charge is -2.35. The van der Waals surface area contributed by atoms with Crippen molar-refractivity contribution in [3.05, 3.63) is 74.8 Å². The molecule has 0 spiro atoms. The highest BCUT2D eigenvalue weighted by Gasteiger charge is 2.34. The number of nitrogens with one attached hydrogen (secondary N) is 2. The van der Waals surface area contributed by atoms with E-state index in [9.17, 15) is 14.4 Å². The van der Waals surface area contributed by atoms with Crippen molar-refractivity contribution in [2.24, 2.45) is 0 Å². The lowest BCUT2D eigenvalue weighted by molar-refractivity contribution is -0.128. The number of aromatic amines is 1. The summed E-state index contributed by atoms with van der Waals surface area (Å²) in [6, 6.07) is 13.4. The molecule has 1 unspecified atom stereocenters. The van der Waals surface area contributed by atoms with E-state index in [0.717, 1.165) is 5.56 Å². The number of methoxy groups -OCH3 is 1. The Labute approximate surface area is 189 Å². The summed E-state index contributed by atoms with van der Waals surface area (Å²) in [5.41, 5.74) is 1.41. The van der Waals surface area contributed by atoms with Crippen molar-refractivity contribution < 1.29 is 14.3 Å². The highest BCUT2D eigenvalue weighted by molar-refractivity contribution is 7.71. The molecule has 0 bridgehead atoms. The summed E-state index contributed by atoms with van der Waals surface area (Å²) < 4.78 is 6.84. The first kappa shape index (κ1) is 21.9. The molecule has 166 valence electrons. The minimum Gasteiger partial charge on any atom is -0.385 e. The SMILES string of the molecule is COCCCn1c(=S)[nH]c2cc(C(=O)N3CCNC(=O)C3c3ccccc3)ccc2c1=O. The Morgan fingerprint density at radius 3 is 2.72 bits per heavy atom. The molecule has 3 aromatic rings. The van der Waals surface area contributed by atoms with Crippen molar-refractivity contribution in [3.8, 4) is 0 Å². The molecule has 0 aliphatic carbocycles. The second-order valence-electron chi connectivity index (χ2n) is 7.60. The molecule has 32 heavy (non-hydrogen) atoms. The molecule has 1 fully saturated rings. The predicted octanol–water partition coefficient (Wildman–Crippen LogP) is 2.41. The van der Waals surface area contributed by atoms with E-state index in [0.29, 0.717) is 53.9 Å². The first-order valence-electron chi connectivity index (χ1n) is 10.4. The Kier molecular flexibility index (Phi) is 6.48. The minimum atomic E-state index is -0.708. The van der Waals surface area contributed by atoms with E-state index in [1.54, 1.807) is 30.2 Å². The maximum absolute atomic E-state index is 13.4. The van der Waals surface area contributed by atoms with Crippen molar-refractivity contribution in [2.45, 2.75) is 19.0 Å². The molecule has 2 N–H and O–H groups in total. The number of rotatable bonds is 6. The van der Waals surface area contributed by atoms with Gasteiger partial charge in [-0.05, 0) is 42.4 Å². The molecule has 8 nitrogen and oxygen atoms in total. The number of nitrogens with zero attached hydrogens (tertiary/aromatic N) is 2. The molecular weight excluding hydrogens is 428 g/mol. The van der Waals surface area contributed by atoms with Gasteiger partial charge in [0.05, 0.1) is 10.9 Å². The number of carbonyl (C=O) groups is 2. The van der Waals surface area contributed by atoms with Crippen LogP contribution in [0.3, 0.4) is 0 Å². The van der Waals surface area contributed by atoms with Gasteiger partial charge in [0.1, 0.15) is 6.04 Å². The third-order valence-electron chi connectivity index (χ3n) is 5.55. The van der Waals surface area contributed by atoms with Crippen LogP contribution >= 0.6 is 12.2 Å². The molecule has 1 aliphatic rings. The van der Waals surface area contributed by atoms with Gasteiger partial charge in [-0.25, -0.2) is 0 Å². The van der Waals surface area contributed by atoms with Gasteiger partial charge in [0.15, 0.2) is 4.77 Å². The van der Waals surface area contributed by atoms with E-state index < -0.39 is 6.04 Å². The quantitative estimate of drug-likeness (QED) is 0.442. The Hall–Kier alpha value is -3.30. The van der Waals surface area contributed by atoms with Crippen LogP contribution in [0.5, 0.6) is 0 Å². The number of piperazine rings is 1. The van der Waals surface area contributed by atoms with E-state index in [1.807, 2.05) is 30.3 Å². The van der Waals surface area contributed by atoms with Crippen molar-refractivity contribution >= 4 is 34.9 Å². The zero-order valence-electron chi connectivity index (χ0n) is 17.7. The summed E-state index contributed by atoms with van der Waals surface area (Å²) in [5.74, 6) is -0.492. The monoisotopic (exact) mass is 452 g/mol. The molecular formula is C23H24N4O4S. The molecule has 2 heterocycles. The van der Waals surface area contributed by atoms with Crippen LogP contribution in [-0.4, -0.2) is 53.1 Å². The van der Waals surface area contributed by atoms with Crippen LogP contribution in [0.4, 0.5) is 0 Å². The van der Waals surface area contributed by atoms with Crippen LogP contribution < -0.4 is 10.9 Å². The third-order valence-corrected chi connectivity index (χ3v) is 5.87. The average molecular weight is 453 g/mol. The van der Waals surface area contributed by atoms with Crippen LogP contribution in [0, 0.1) is 4.77 Å². The van der Waals surface area contributed by atoms with Gasteiger partial charge < -0.3 is 19.9 Å². The second kappa shape index (κ2) is 9.46. The normalized spacial score (nSPS) is 16.2. The maximum Gasteiger partial charge on any atom is 0.262 e. The van der Waals surface area contributed by atoms with Crippen molar-refractivity contribution in [1.82, 2.24) is 19.8 Å². The molecule has 2 amide bonds. The summed E-state index contributed by atoms with van der Waals surface area (Å²) >= 11 is 5.37. The fourth-order valence-electron chi connectivity index (χ4n) is 3.98. The Morgan fingerprint density at radius 1 is 1.19 bits per heavy atom. The number of hydrogen-bond donors (Lipinski definition) is 2. The molecule has 1 saturated heterocycles. The number of fused-ring (bicyclic) bond motifs is 1. The van der Waals surface area contributed by atoms with Gasteiger partial charge in [-0.2, -0.15) is 0 Å². The van der Waals surface area contributed by atoms with E-state index in [-0.39, 0.29) is 17.4 Å². The fourth-order valence-corrected chi connectivity index (χ4v) is 4.26. The fraction of sp³-hybridized carbons (Fsp3) is 0.304. The number of benzene rings is 2.